The molecule has 1 amide bonds. The highest BCUT2D eigenvalue weighted by Gasteiger charge is 2.31. The molecule has 2 rings (SSSR count). The molecule has 1 aliphatic carbocycles. The first-order valence-electron chi connectivity index (χ1n) is 8.42. The first-order chi connectivity index (χ1) is 9.72. The van der Waals surface area contributed by atoms with E-state index < -0.39 is 0 Å². The van der Waals surface area contributed by atoms with Gasteiger partial charge in [-0.15, -0.1) is 0 Å². The standard InChI is InChI=1S/C16H31N3O/c1-3-18(14(2)20)13-16(15-7-5-4-6-8-15)19-11-9-17-10-12-19/h15-17H,3-13H2,1-2H3. The zero-order chi connectivity index (χ0) is 14.4. The van der Waals surface area contributed by atoms with Gasteiger partial charge in [0, 0.05) is 52.2 Å². The Balaban J connectivity index is 2.03. The molecule has 1 atom stereocenters. The SMILES string of the molecule is CCN(CC(C1CCCCC1)N1CCNCC1)C(C)=O. The van der Waals surface area contributed by atoms with Crippen molar-refractivity contribution in [2.24, 2.45) is 5.92 Å². The number of nitrogens with one attached hydrogen (secondary N) is 1. The maximum Gasteiger partial charge on any atom is 0.219 e. The predicted octanol–water partition coefficient (Wildman–Crippen LogP) is 1.71. The average Bonchev–Trinajstić information content (AvgIpc) is 2.50. The number of piperazine rings is 1. The second kappa shape index (κ2) is 7.99. The Labute approximate surface area is 123 Å². The van der Waals surface area contributed by atoms with E-state index in [9.17, 15) is 4.79 Å². The predicted molar refractivity (Wildman–Crippen MR) is 82.7 cm³/mol. The fourth-order valence-electron chi connectivity index (χ4n) is 3.80. The van der Waals surface area contributed by atoms with Crippen LogP contribution in [0.15, 0.2) is 0 Å². The molecule has 4 heteroatoms. The Hall–Kier alpha value is -0.610. The zero-order valence-electron chi connectivity index (χ0n) is 13.2. The van der Waals surface area contributed by atoms with Crippen LogP contribution in [0.1, 0.15) is 46.0 Å². The molecule has 0 aromatic carbocycles. The van der Waals surface area contributed by atoms with E-state index in [0.717, 1.165) is 45.2 Å². The number of likely N-dealkylation sites (N-methyl/N-ethyl adjacent to an activating group) is 1. The highest BCUT2D eigenvalue weighted by Crippen LogP contribution is 2.29. The number of nitrogens with zero attached hydrogens (tertiary/aromatic N) is 2. The number of carbonyl (C=O) groups is 1. The molecule has 0 radical (unpaired) electrons. The maximum atomic E-state index is 11.8. The van der Waals surface area contributed by atoms with Crippen molar-refractivity contribution in [3.05, 3.63) is 0 Å². The first-order valence-corrected chi connectivity index (χ1v) is 8.42. The Morgan fingerprint density at radius 2 is 1.90 bits per heavy atom. The third-order valence-corrected chi connectivity index (χ3v) is 5.05. The molecule has 0 spiro atoms. The molecule has 1 aliphatic heterocycles. The third kappa shape index (κ3) is 4.19. The van der Waals surface area contributed by atoms with Crippen LogP contribution in [-0.2, 0) is 4.79 Å². The van der Waals surface area contributed by atoms with E-state index in [0.29, 0.717) is 6.04 Å². The van der Waals surface area contributed by atoms with Gasteiger partial charge in [-0.2, -0.15) is 0 Å². The highest BCUT2D eigenvalue weighted by molar-refractivity contribution is 5.73. The van der Waals surface area contributed by atoms with E-state index in [1.807, 2.05) is 4.90 Å². The molecule has 1 N–H and O–H groups in total. The van der Waals surface area contributed by atoms with Crippen molar-refractivity contribution in [1.29, 1.82) is 0 Å². The van der Waals surface area contributed by atoms with Crippen molar-refractivity contribution >= 4 is 5.91 Å². The van der Waals surface area contributed by atoms with Crippen molar-refractivity contribution in [3.63, 3.8) is 0 Å². The highest BCUT2D eigenvalue weighted by atomic mass is 16.2. The second-order valence-corrected chi connectivity index (χ2v) is 6.31. The summed E-state index contributed by atoms with van der Waals surface area (Å²) in [5.41, 5.74) is 0. The largest absolute Gasteiger partial charge is 0.342 e. The molecule has 1 unspecified atom stereocenters. The minimum Gasteiger partial charge on any atom is -0.342 e. The van der Waals surface area contributed by atoms with Crippen LogP contribution in [0, 0.1) is 5.92 Å². The number of hydrogen-bond acceptors (Lipinski definition) is 3. The smallest absolute Gasteiger partial charge is 0.219 e. The topological polar surface area (TPSA) is 35.6 Å². The number of hydrogen-bond donors (Lipinski definition) is 1. The molecule has 2 aliphatic rings. The van der Waals surface area contributed by atoms with Crippen LogP contribution in [0.2, 0.25) is 0 Å². The van der Waals surface area contributed by atoms with E-state index in [-0.39, 0.29) is 5.91 Å². The quantitative estimate of drug-likeness (QED) is 0.833. The van der Waals surface area contributed by atoms with Gasteiger partial charge in [0.1, 0.15) is 0 Å². The molecule has 1 saturated carbocycles. The van der Waals surface area contributed by atoms with Crippen molar-refractivity contribution in [2.45, 2.75) is 52.0 Å². The molecule has 0 aromatic heterocycles. The van der Waals surface area contributed by atoms with Gasteiger partial charge in [0.05, 0.1) is 0 Å². The van der Waals surface area contributed by atoms with Crippen LogP contribution in [-0.4, -0.2) is 61.0 Å². The minimum absolute atomic E-state index is 0.225. The van der Waals surface area contributed by atoms with Crippen molar-refractivity contribution < 1.29 is 4.79 Å². The van der Waals surface area contributed by atoms with Gasteiger partial charge in [-0.1, -0.05) is 19.3 Å². The van der Waals surface area contributed by atoms with Crippen molar-refractivity contribution in [2.75, 3.05) is 39.3 Å². The van der Waals surface area contributed by atoms with E-state index in [4.69, 9.17) is 0 Å². The Morgan fingerprint density at radius 3 is 2.45 bits per heavy atom. The number of amides is 1. The van der Waals surface area contributed by atoms with Crippen LogP contribution in [0.5, 0.6) is 0 Å². The summed E-state index contributed by atoms with van der Waals surface area (Å²) in [6, 6.07) is 0.571. The number of rotatable bonds is 5. The molecule has 116 valence electrons. The molecule has 2 fully saturated rings. The van der Waals surface area contributed by atoms with Gasteiger partial charge in [0.2, 0.25) is 5.91 Å². The lowest BCUT2D eigenvalue weighted by Crippen LogP contribution is -2.55. The lowest BCUT2D eigenvalue weighted by molar-refractivity contribution is -0.130. The fraction of sp³-hybridized carbons (Fsp3) is 0.938. The van der Waals surface area contributed by atoms with Gasteiger partial charge in [-0.25, -0.2) is 0 Å². The molecular formula is C16H31N3O. The maximum absolute atomic E-state index is 11.8. The van der Waals surface area contributed by atoms with Crippen molar-refractivity contribution in [3.8, 4) is 0 Å². The number of carbonyl (C=O) groups excluding carboxylic acids is 1. The van der Waals surface area contributed by atoms with Gasteiger partial charge in [0.15, 0.2) is 0 Å². The van der Waals surface area contributed by atoms with E-state index >= 15 is 0 Å². The summed E-state index contributed by atoms with van der Waals surface area (Å²) in [4.78, 5) is 16.4. The summed E-state index contributed by atoms with van der Waals surface area (Å²) in [5.74, 6) is 1.01. The summed E-state index contributed by atoms with van der Waals surface area (Å²) in [6.45, 7) is 10.0. The van der Waals surface area contributed by atoms with Crippen LogP contribution in [0.25, 0.3) is 0 Å². The molecular weight excluding hydrogens is 250 g/mol. The van der Waals surface area contributed by atoms with Gasteiger partial charge < -0.3 is 10.2 Å². The van der Waals surface area contributed by atoms with Crippen LogP contribution in [0.3, 0.4) is 0 Å². The third-order valence-electron chi connectivity index (χ3n) is 5.05. The summed E-state index contributed by atoms with van der Waals surface area (Å²) in [6.07, 6.45) is 6.85. The van der Waals surface area contributed by atoms with Crippen LogP contribution >= 0.6 is 0 Å². The Kier molecular flexibility index (Phi) is 6.30. The zero-order valence-corrected chi connectivity index (χ0v) is 13.2. The van der Waals surface area contributed by atoms with Crippen LogP contribution < -0.4 is 5.32 Å². The van der Waals surface area contributed by atoms with E-state index in [1.165, 1.54) is 32.1 Å². The Bertz CT molecular complexity index is 278. The van der Waals surface area contributed by atoms with Gasteiger partial charge in [0.25, 0.3) is 0 Å². The fourth-order valence-corrected chi connectivity index (χ4v) is 3.80. The Morgan fingerprint density at radius 1 is 1.25 bits per heavy atom. The first kappa shape index (κ1) is 15.8. The molecule has 4 nitrogen and oxygen atoms in total. The summed E-state index contributed by atoms with van der Waals surface area (Å²) in [7, 11) is 0. The summed E-state index contributed by atoms with van der Waals surface area (Å²) < 4.78 is 0. The van der Waals surface area contributed by atoms with E-state index in [1.54, 1.807) is 6.92 Å². The lowest BCUT2D eigenvalue weighted by Gasteiger charge is -2.42. The van der Waals surface area contributed by atoms with Crippen molar-refractivity contribution in [1.82, 2.24) is 15.1 Å². The monoisotopic (exact) mass is 281 g/mol. The summed E-state index contributed by atoms with van der Waals surface area (Å²) >= 11 is 0. The lowest BCUT2D eigenvalue weighted by atomic mass is 9.82. The normalized spacial score (nSPS) is 23.5. The van der Waals surface area contributed by atoms with Gasteiger partial charge in [-0.3, -0.25) is 9.69 Å². The summed E-state index contributed by atoms with van der Waals surface area (Å²) in [5, 5.41) is 3.44. The van der Waals surface area contributed by atoms with Gasteiger partial charge in [-0.05, 0) is 25.7 Å². The van der Waals surface area contributed by atoms with Crippen LogP contribution in [0.4, 0.5) is 0 Å². The molecule has 0 aromatic rings. The molecule has 0 bridgehead atoms. The minimum atomic E-state index is 0.225. The molecule has 1 saturated heterocycles. The molecule has 20 heavy (non-hydrogen) atoms. The second-order valence-electron chi connectivity index (χ2n) is 6.31. The van der Waals surface area contributed by atoms with E-state index in [2.05, 4.69) is 17.1 Å². The van der Waals surface area contributed by atoms with Gasteiger partial charge >= 0.3 is 0 Å². The molecule has 1 heterocycles. The average molecular weight is 281 g/mol.